The molecule has 0 radical (unpaired) electrons. The van der Waals surface area contributed by atoms with E-state index in [-0.39, 0.29) is 64.3 Å². The summed E-state index contributed by atoms with van der Waals surface area (Å²) in [5.41, 5.74) is 1.48. The number of aromatic nitrogens is 2. The van der Waals surface area contributed by atoms with Crippen LogP contribution in [-0.4, -0.2) is 77.8 Å². The van der Waals surface area contributed by atoms with Crippen molar-refractivity contribution in [1.29, 1.82) is 0 Å². The molecule has 0 fully saturated rings. The topological polar surface area (TPSA) is 66.0 Å². The Hall–Kier alpha value is 0.800. The predicted molar refractivity (Wildman–Crippen MR) is 59.4 cm³/mol. The van der Waals surface area contributed by atoms with Crippen LogP contribution in [0.1, 0.15) is 0 Å². The van der Waals surface area contributed by atoms with E-state index in [2.05, 4.69) is 9.97 Å². The number of hydrogen-bond donors (Lipinski definition) is 2. The summed E-state index contributed by atoms with van der Waals surface area (Å²) in [7, 11) is 0. The van der Waals surface area contributed by atoms with Crippen LogP contribution in [-0.2, 0) is 11.1 Å². The zero-order valence-electron chi connectivity index (χ0n) is 6.02. The van der Waals surface area contributed by atoms with Crippen LogP contribution >= 0.6 is 0 Å². The standard InChI is InChI=1S/C7H6N2O2S.2Na.2H/c10-12(11)7-8-5-3-1-2-4-6(5)9-7;;;;/h1-4H,(H,8,9)(H,10,11);;;;. The van der Waals surface area contributed by atoms with Crippen LogP contribution < -0.4 is 0 Å². The second-order valence-corrected chi connectivity index (χ2v) is 3.19. The second-order valence-electron chi connectivity index (χ2n) is 2.31. The molecule has 66 valence electrons. The number of imidazole rings is 1. The van der Waals surface area contributed by atoms with E-state index in [0.717, 1.165) is 5.52 Å². The summed E-state index contributed by atoms with van der Waals surface area (Å²) < 4.78 is 19.3. The van der Waals surface area contributed by atoms with Crippen molar-refractivity contribution < 1.29 is 8.76 Å². The van der Waals surface area contributed by atoms with E-state index in [1.165, 1.54) is 0 Å². The van der Waals surface area contributed by atoms with Crippen LogP contribution in [0.15, 0.2) is 29.4 Å². The Labute approximate surface area is 128 Å². The molecule has 4 nitrogen and oxygen atoms in total. The van der Waals surface area contributed by atoms with Gasteiger partial charge in [-0.25, -0.2) is 9.19 Å². The summed E-state index contributed by atoms with van der Waals surface area (Å²) >= 11 is -2.03. The number of nitrogens with zero attached hydrogens (tertiary/aromatic N) is 1. The fraction of sp³-hybridized carbons (Fsp3) is 0. The third kappa shape index (κ3) is 3.15. The van der Waals surface area contributed by atoms with Gasteiger partial charge in [0.05, 0.1) is 11.0 Å². The predicted octanol–water partition coefficient (Wildman–Crippen LogP) is -0.154. The molecule has 2 N–H and O–H groups in total. The Bertz CT molecular complexity index is 413. The first-order valence-electron chi connectivity index (χ1n) is 3.33. The minimum atomic E-state index is -2.03. The van der Waals surface area contributed by atoms with Gasteiger partial charge >= 0.3 is 59.1 Å². The van der Waals surface area contributed by atoms with Crippen molar-refractivity contribution in [3.05, 3.63) is 24.3 Å². The molecule has 0 amide bonds. The van der Waals surface area contributed by atoms with E-state index in [9.17, 15) is 4.21 Å². The first-order chi connectivity index (χ1) is 5.77. The average molecular weight is 230 g/mol. The number of aromatic amines is 1. The molecule has 0 saturated heterocycles. The van der Waals surface area contributed by atoms with Crippen molar-refractivity contribution in [2.75, 3.05) is 0 Å². The molecule has 1 aromatic carbocycles. The monoisotopic (exact) mass is 230 g/mol. The molecule has 7 heteroatoms. The SMILES string of the molecule is O=S(O)c1nc2ccccc2[nH]1.[NaH].[NaH]. The Morgan fingerprint density at radius 1 is 1.29 bits per heavy atom. The number of fused-ring (bicyclic) bond motifs is 1. The van der Waals surface area contributed by atoms with Gasteiger partial charge in [0.2, 0.25) is 16.2 Å². The molecule has 0 aliphatic heterocycles. The van der Waals surface area contributed by atoms with Gasteiger partial charge in [0.1, 0.15) is 0 Å². The fourth-order valence-electron chi connectivity index (χ4n) is 1.01. The summed E-state index contributed by atoms with van der Waals surface area (Å²) in [4.78, 5) is 6.64. The molecule has 0 aliphatic rings. The minimum absolute atomic E-state index is 0. The Balaban J connectivity index is 0.000000845. The van der Waals surface area contributed by atoms with Crippen LogP contribution in [0.25, 0.3) is 11.0 Å². The summed E-state index contributed by atoms with van der Waals surface area (Å²) in [5, 5.41) is 0.0937. The molecule has 0 spiro atoms. The van der Waals surface area contributed by atoms with Crippen LogP contribution in [0.4, 0.5) is 0 Å². The second kappa shape index (κ2) is 6.40. The van der Waals surface area contributed by atoms with Crippen LogP contribution in [0.2, 0.25) is 0 Å². The van der Waals surface area contributed by atoms with E-state index in [1.54, 1.807) is 12.1 Å². The zero-order chi connectivity index (χ0) is 8.55. The zero-order valence-corrected chi connectivity index (χ0v) is 6.84. The molecule has 1 aromatic heterocycles. The first kappa shape index (κ1) is 14.8. The van der Waals surface area contributed by atoms with Crippen molar-refractivity contribution in [1.82, 2.24) is 9.97 Å². The molecule has 2 aromatic rings. The number of para-hydroxylation sites is 2. The van der Waals surface area contributed by atoms with Crippen molar-refractivity contribution in [3.8, 4) is 0 Å². The maximum absolute atomic E-state index is 10.6. The van der Waals surface area contributed by atoms with Gasteiger partial charge in [0.25, 0.3) is 0 Å². The number of nitrogens with one attached hydrogen (secondary N) is 1. The van der Waals surface area contributed by atoms with E-state index in [1.807, 2.05) is 12.1 Å². The third-order valence-corrected chi connectivity index (χ3v) is 2.06. The third-order valence-electron chi connectivity index (χ3n) is 1.53. The molecule has 0 aliphatic carbocycles. The Kier molecular flexibility index (Phi) is 6.76. The molecular formula is C7H8N2Na2O2S. The van der Waals surface area contributed by atoms with Gasteiger partial charge in [-0.3, -0.25) is 4.55 Å². The maximum atomic E-state index is 10.6. The van der Waals surface area contributed by atoms with Gasteiger partial charge in [-0.1, -0.05) is 12.1 Å². The molecule has 1 heterocycles. The molecular weight excluding hydrogens is 222 g/mol. The van der Waals surface area contributed by atoms with Gasteiger partial charge < -0.3 is 4.98 Å². The first-order valence-corrected chi connectivity index (χ1v) is 4.43. The molecule has 0 saturated carbocycles. The van der Waals surface area contributed by atoms with Gasteiger partial charge in [-0.2, -0.15) is 0 Å². The molecule has 1 atom stereocenters. The van der Waals surface area contributed by atoms with Crippen molar-refractivity contribution in [2.24, 2.45) is 0 Å². The van der Waals surface area contributed by atoms with Crippen molar-refractivity contribution >= 4 is 81.2 Å². The van der Waals surface area contributed by atoms with Crippen LogP contribution in [0, 0.1) is 0 Å². The number of hydrogen-bond acceptors (Lipinski definition) is 2. The Morgan fingerprint density at radius 2 is 1.93 bits per heavy atom. The Morgan fingerprint density at radius 3 is 2.50 bits per heavy atom. The summed E-state index contributed by atoms with van der Waals surface area (Å²) in [6, 6.07) is 7.25. The van der Waals surface area contributed by atoms with Gasteiger partial charge in [0, 0.05) is 0 Å². The summed E-state index contributed by atoms with van der Waals surface area (Å²) in [6.07, 6.45) is 0. The van der Waals surface area contributed by atoms with Crippen molar-refractivity contribution in [3.63, 3.8) is 0 Å². The van der Waals surface area contributed by atoms with E-state index < -0.39 is 11.1 Å². The number of rotatable bonds is 1. The van der Waals surface area contributed by atoms with Gasteiger partial charge in [-0.15, -0.1) is 0 Å². The van der Waals surface area contributed by atoms with Crippen LogP contribution in [0.3, 0.4) is 0 Å². The van der Waals surface area contributed by atoms with Crippen molar-refractivity contribution in [2.45, 2.75) is 5.16 Å². The molecule has 1 unspecified atom stereocenters. The van der Waals surface area contributed by atoms with E-state index >= 15 is 0 Å². The normalized spacial score (nSPS) is 11.5. The average Bonchev–Trinajstić information content (AvgIpc) is 2.46. The van der Waals surface area contributed by atoms with E-state index in [0.29, 0.717) is 5.52 Å². The van der Waals surface area contributed by atoms with Crippen LogP contribution in [0.5, 0.6) is 0 Å². The quantitative estimate of drug-likeness (QED) is 0.528. The summed E-state index contributed by atoms with van der Waals surface area (Å²) in [6.45, 7) is 0. The molecule has 2 rings (SSSR count). The van der Waals surface area contributed by atoms with E-state index in [4.69, 9.17) is 4.55 Å². The summed E-state index contributed by atoms with van der Waals surface area (Å²) in [5.74, 6) is 0. The van der Waals surface area contributed by atoms with Gasteiger partial charge in [-0.05, 0) is 12.1 Å². The van der Waals surface area contributed by atoms with Gasteiger partial charge in [0.15, 0.2) is 0 Å². The molecule has 14 heavy (non-hydrogen) atoms. The number of H-pyrrole nitrogens is 1. The fourth-order valence-corrected chi connectivity index (χ4v) is 1.39. The molecule has 0 bridgehead atoms. The number of benzene rings is 1.